The highest BCUT2D eigenvalue weighted by Gasteiger charge is 2.44. The van der Waals surface area contributed by atoms with Crippen LogP contribution in [0.5, 0.6) is 0 Å². The first-order chi connectivity index (χ1) is 26.8. The summed E-state index contributed by atoms with van der Waals surface area (Å²) < 4.78 is 22.4. The summed E-state index contributed by atoms with van der Waals surface area (Å²) in [6.07, 6.45) is 30.4. The molecule has 2 unspecified atom stereocenters. The molecule has 0 spiro atoms. The molecule has 0 saturated carbocycles. The molecule has 0 aromatic carbocycles. The fraction of sp³-hybridized carbons (Fsp3) is 0.956. The zero-order chi connectivity index (χ0) is 40.2. The lowest BCUT2D eigenvalue weighted by atomic mass is 9.99. The number of carbonyl (C=O) groups excluding carboxylic acids is 2. The van der Waals surface area contributed by atoms with Gasteiger partial charge in [-0.05, 0) is 12.8 Å². The second-order valence-electron chi connectivity index (χ2n) is 16.3. The number of aliphatic hydroxyl groups is 3. The predicted molar refractivity (Wildman–Crippen MR) is 222 cm³/mol. The van der Waals surface area contributed by atoms with Gasteiger partial charge in [0.1, 0.15) is 31.0 Å². The molecule has 1 aliphatic heterocycles. The number of esters is 2. The average molecular weight is 786 g/mol. The van der Waals surface area contributed by atoms with E-state index in [0.29, 0.717) is 6.42 Å². The van der Waals surface area contributed by atoms with Gasteiger partial charge in [0, 0.05) is 19.4 Å². The molecular formula is C45H87NO9. The van der Waals surface area contributed by atoms with Crippen molar-refractivity contribution < 1.29 is 43.9 Å². The number of ether oxygens (including phenoxy) is 4. The Morgan fingerprint density at radius 2 is 0.873 bits per heavy atom. The first-order valence-electron chi connectivity index (χ1n) is 23.2. The average Bonchev–Trinajstić information content (AvgIpc) is 3.18. The van der Waals surface area contributed by atoms with Gasteiger partial charge in [-0.25, -0.2) is 0 Å². The maximum atomic E-state index is 12.8. The van der Waals surface area contributed by atoms with Gasteiger partial charge in [0.05, 0.1) is 6.61 Å². The molecule has 0 aliphatic carbocycles. The van der Waals surface area contributed by atoms with Crippen molar-refractivity contribution in [1.29, 1.82) is 0 Å². The summed E-state index contributed by atoms with van der Waals surface area (Å²) in [6, 6.07) is 0. The monoisotopic (exact) mass is 786 g/mol. The van der Waals surface area contributed by atoms with Crippen LogP contribution in [0.3, 0.4) is 0 Å². The molecule has 1 rings (SSSR count). The summed E-state index contributed by atoms with van der Waals surface area (Å²) in [5.74, 6) is -0.754. The highest BCUT2D eigenvalue weighted by molar-refractivity contribution is 5.70. The van der Waals surface area contributed by atoms with Gasteiger partial charge in [-0.2, -0.15) is 0 Å². The third-order valence-corrected chi connectivity index (χ3v) is 11.0. The quantitative estimate of drug-likeness (QED) is 0.0349. The summed E-state index contributed by atoms with van der Waals surface area (Å²) in [4.78, 5) is 25.4. The van der Waals surface area contributed by atoms with Crippen molar-refractivity contribution in [2.24, 2.45) is 5.73 Å². The minimum absolute atomic E-state index is 0.0839. The van der Waals surface area contributed by atoms with Gasteiger partial charge in [0.15, 0.2) is 12.4 Å². The normalized spacial score (nSPS) is 20.4. The van der Waals surface area contributed by atoms with Crippen molar-refractivity contribution in [3.05, 3.63) is 0 Å². The first kappa shape index (κ1) is 51.7. The zero-order valence-corrected chi connectivity index (χ0v) is 35.6. The van der Waals surface area contributed by atoms with Gasteiger partial charge in [0.2, 0.25) is 0 Å². The van der Waals surface area contributed by atoms with Crippen LogP contribution in [0.15, 0.2) is 0 Å². The fourth-order valence-corrected chi connectivity index (χ4v) is 7.35. The summed E-state index contributed by atoms with van der Waals surface area (Å²) in [5.41, 5.74) is 5.65. The maximum absolute atomic E-state index is 12.8. The molecule has 0 radical (unpaired) electrons. The van der Waals surface area contributed by atoms with E-state index in [1.165, 1.54) is 154 Å². The molecule has 1 heterocycles. The van der Waals surface area contributed by atoms with E-state index in [-0.39, 0.29) is 32.1 Å². The van der Waals surface area contributed by atoms with Crippen molar-refractivity contribution in [3.8, 4) is 0 Å². The SMILES string of the molecule is CCCCCCCCCCCCCCCCCC(=O)OC[C@H](CO[C@H]1OC(CN)[C@@H](O)[C@H](O)C1O)OC(=O)CCCCCCCCCCCCCCCCC. The summed E-state index contributed by atoms with van der Waals surface area (Å²) in [5, 5.41) is 30.7. The van der Waals surface area contributed by atoms with Crippen molar-refractivity contribution >= 4 is 11.9 Å². The summed E-state index contributed by atoms with van der Waals surface area (Å²) >= 11 is 0. The van der Waals surface area contributed by atoms with E-state index in [1.807, 2.05) is 0 Å². The molecule has 0 aromatic rings. The molecule has 10 heteroatoms. The molecule has 326 valence electrons. The summed E-state index contributed by atoms with van der Waals surface area (Å²) in [7, 11) is 0. The van der Waals surface area contributed by atoms with Crippen LogP contribution < -0.4 is 5.73 Å². The van der Waals surface area contributed by atoms with E-state index in [2.05, 4.69) is 13.8 Å². The number of unbranched alkanes of at least 4 members (excludes halogenated alkanes) is 28. The third-order valence-electron chi connectivity index (χ3n) is 11.0. The van der Waals surface area contributed by atoms with Gasteiger partial charge >= 0.3 is 11.9 Å². The van der Waals surface area contributed by atoms with Crippen LogP contribution in [-0.2, 0) is 28.5 Å². The highest BCUT2D eigenvalue weighted by Crippen LogP contribution is 2.22. The number of aliphatic hydroxyl groups excluding tert-OH is 3. The Morgan fingerprint density at radius 3 is 1.25 bits per heavy atom. The van der Waals surface area contributed by atoms with Crippen molar-refractivity contribution in [2.45, 2.75) is 256 Å². The fourth-order valence-electron chi connectivity index (χ4n) is 7.35. The Morgan fingerprint density at radius 1 is 0.509 bits per heavy atom. The number of hydrogen-bond acceptors (Lipinski definition) is 10. The van der Waals surface area contributed by atoms with Gasteiger partial charge in [-0.15, -0.1) is 0 Å². The predicted octanol–water partition coefficient (Wildman–Crippen LogP) is 9.75. The molecule has 5 N–H and O–H groups in total. The van der Waals surface area contributed by atoms with E-state index in [1.54, 1.807) is 0 Å². The van der Waals surface area contributed by atoms with Crippen LogP contribution in [-0.4, -0.2) is 83.8 Å². The van der Waals surface area contributed by atoms with Crippen LogP contribution in [0.25, 0.3) is 0 Å². The number of rotatable bonds is 39. The highest BCUT2D eigenvalue weighted by atomic mass is 16.7. The van der Waals surface area contributed by atoms with Gasteiger partial charge in [-0.1, -0.05) is 194 Å². The van der Waals surface area contributed by atoms with Crippen LogP contribution in [0.4, 0.5) is 0 Å². The molecule has 0 aromatic heterocycles. The minimum atomic E-state index is -1.53. The second kappa shape index (κ2) is 37.0. The molecule has 1 saturated heterocycles. The van der Waals surface area contributed by atoms with Crippen LogP contribution in [0.2, 0.25) is 0 Å². The van der Waals surface area contributed by atoms with Crippen LogP contribution >= 0.6 is 0 Å². The minimum Gasteiger partial charge on any atom is -0.462 e. The maximum Gasteiger partial charge on any atom is 0.306 e. The standard InChI is InChI=1S/C45H87NO9/c1-3-5-7-9-11-13-15-17-19-21-23-25-27-29-31-33-40(47)52-36-38(37-53-45-44(51)43(50)42(49)39(35-46)55-45)54-41(48)34-32-30-28-26-24-22-20-18-16-14-12-10-8-6-4-2/h38-39,42-45,49-51H,3-37,46H2,1-2H3/t38-,39?,42-,43+,44?,45+/m1/s1. The second-order valence-corrected chi connectivity index (χ2v) is 16.3. The molecule has 0 amide bonds. The Bertz CT molecular complexity index is 875. The van der Waals surface area contributed by atoms with E-state index in [4.69, 9.17) is 24.7 Å². The lowest BCUT2D eigenvalue weighted by Crippen LogP contribution is -2.60. The Balaban J connectivity index is 2.30. The number of carbonyl (C=O) groups is 2. The van der Waals surface area contributed by atoms with E-state index < -0.39 is 42.8 Å². The smallest absolute Gasteiger partial charge is 0.306 e. The van der Waals surface area contributed by atoms with Crippen molar-refractivity contribution in [2.75, 3.05) is 19.8 Å². The Labute approximate surface area is 336 Å². The van der Waals surface area contributed by atoms with Crippen molar-refractivity contribution in [1.82, 2.24) is 0 Å². The molecule has 1 aliphatic rings. The lowest BCUT2D eigenvalue weighted by molar-refractivity contribution is -0.299. The number of nitrogens with two attached hydrogens (primary N) is 1. The van der Waals surface area contributed by atoms with Crippen LogP contribution in [0.1, 0.15) is 219 Å². The topological polar surface area (TPSA) is 158 Å². The molecule has 1 fully saturated rings. The molecule has 55 heavy (non-hydrogen) atoms. The van der Waals surface area contributed by atoms with Crippen LogP contribution in [0, 0.1) is 0 Å². The summed E-state index contributed by atoms with van der Waals surface area (Å²) in [6.45, 7) is 4.03. The Hall–Kier alpha value is -1.30. The zero-order valence-electron chi connectivity index (χ0n) is 35.6. The first-order valence-corrected chi connectivity index (χ1v) is 23.2. The van der Waals surface area contributed by atoms with E-state index in [9.17, 15) is 24.9 Å². The van der Waals surface area contributed by atoms with E-state index >= 15 is 0 Å². The van der Waals surface area contributed by atoms with E-state index in [0.717, 1.165) is 38.5 Å². The molecule has 6 atom stereocenters. The number of hydrogen-bond donors (Lipinski definition) is 4. The molecular weight excluding hydrogens is 698 g/mol. The largest absolute Gasteiger partial charge is 0.462 e. The van der Waals surface area contributed by atoms with Crippen molar-refractivity contribution in [3.63, 3.8) is 0 Å². The third kappa shape index (κ3) is 28.7. The molecule has 10 nitrogen and oxygen atoms in total. The Kier molecular flexibility index (Phi) is 34.8. The van der Waals surface area contributed by atoms with Gasteiger partial charge in [0.25, 0.3) is 0 Å². The van der Waals surface area contributed by atoms with Gasteiger partial charge < -0.3 is 40.0 Å². The molecule has 0 bridgehead atoms. The van der Waals surface area contributed by atoms with Gasteiger partial charge in [-0.3, -0.25) is 9.59 Å². The lowest BCUT2D eigenvalue weighted by Gasteiger charge is -2.40.